The van der Waals surface area contributed by atoms with Crippen LogP contribution in [-0.2, 0) is 11.3 Å². The van der Waals surface area contributed by atoms with Gasteiger partial charge in [0.2, 0.25) is 5.91 Å². The summed E-state index contributed by atoms with van der Waals surface area (Å²) < 4.78 is 0. The molecule has 1 atom stereocenters. The molecule has 0 aliphatic rings. The maximum Gasteiger partial charge on any atom is 0.253 e. The smallest absolute Gasteiger partial charge is 0.253 e. The van der Waals surface area contributed by atoms with Gasteiger partial charge in [0.15, 0.2) is 0 Å². The summed E-state index contributed by atoms with van der Waals surface area (Å²) in [5.41, 5.74) is 1.29. The fourth-order valence-corrected chi connectivity index (χ4v) is 3.12. The first-order chi connectivity index (χ1) is 12.5. The van der Waals surface area contributed by atoms with Gasteiger partial charge in [-0.25, -0.2) is 0 Å². The molecular formula is C19H20Cl2N2O2S. The molecule has 0 aliphatic heterocycles. The van der Waals surface area contributed by atoms with Crippen molar-refractivity contribution < 1.29 is 9.59 Å². The normalized spacial score (nSPS) is 11.7. The summed E-state index contributed by atoms with van der Waals surface area (Å²) in [6.45, 7) is 0.369. The van der Waals surface area contributed by atoms with E-state index in [2.05, 4.69) is 10.6 Å². The molecule has 4 nitrogen and oxygen atoms in total. The Balaban J connectivity index is 2.00. The molecule has 0 radical (unpaired) electrons. The van der Waals surface area contributed by atoms with Gasteiger partial charge in [-0.15, -0.1) is 0 Å². The van der Waals surface area contributed by atoms with Gasteiger partial charge in [-0.3, -0.25) is 9.59 Å². The van der Waals surface area contributed by atoms with Crippen LogP contribution in [0.5, 0.6) is 0 Å². The summed E-state index contributed by atoms with van der Waals surface area (Å²) in [5, 5.41) is 6.64. The zero-order valence-electron chi connectivity index (χ0n) is 14.3. The summed E-state index contributed by atoms with van der Waals surface area (Å²) >= 11 is 13.5. The quantitative estimate of drug-likeness (QED) is 0.686. The molecule has 26 heavy (non-hydrogen) atoms. The number of hydrogen-bond acceptors (Lipinski definition) is 3. The summed E-state index contributed by atoms with van der Waals surface area (Å²) in [6, 6.07) is 13.4. The third-order valence-electron chi connectivity index (χ3n) is 3.73. The van der Waals surface area contributed by atoms with Crippen molar-refractivity contribution in [2.75, 3.05) is 12.0 Å². The Morgan fingerprint density at radius 3 is 2.42 bits per heavy atom. The number of halogens is 2. The van der Waals surface area contributed by atoms with Gasteiger partial charge in [0.05, 0.1) is 10.6 Å². The van der Waals surface area contributed by atoms with Gasteiger partial charge in [0, 0.05) is 11.6 Å². The first-order valence-electron chi connectivity index (χ1n) is 8.07. The van der Waals surface area contributed by atoms with E-state index in [-0.39, 0.29) is 11.8 Å². The molecule has 0 spiro atoms. The van der Waals surface area contributed by atoms with E-state index in [4.69, 9.17) is 23.2 Å². The maximum absolute atomic E-state index is 12.5. The Hall–Kier alpha value is -1.69. The Morgan fingerprint density at radius 2 is 1.77 bits per heavy atom. The number of carbonyl (C=O) groups excluding carboxylic acids is 2. The maximum atomic E-state index is 12.5. The summed E-state index contributed by atoms with van der Waals surface area (Å²) in [6.07, 6.45) is 2.49. The Morgan fingerprint density at radius 1 is 1.08 bits per heavy atom. The number of nitrogens with one attached hydrogen (secondary N) is 2. The van der Waals surface area contributed by atoms with Gasteiger partial charge in [-0.2, -0.15) is 11.8 Å². The third kappa shape index (κ3) is 6.24. The van der Waals surface area contributed by atoms with Crippen LogP contribution in [-0.4, -0.2) is 29.9 Å². The number of benzene rings is 2. The predicted octanol–water partition coefficient (Wildman–Crippen LogP) is 4.16. The second-order valence-corrected chi connectivity index (χ2v) is 7.46. The minimum Gasteiger partial charge on any atom is -0.350 e. The van der Waals surface area contributed by atoms with E-state index in [0.717, 1.165) is 11.3 Å². The number of thioether (sulfide) groups is 1. The molecule has 0 fully saturated rings. The highest BCUT2D eigenvalue weighted by atomic mass is 35.5. The van der Waals surface area contributed by atoms with Crippen molar-refractivity contribution in [3.63, 3.8) is 0 Å². The lowest BCUT2D eigenvalue weighted by Gasteiger charge is -2.18. The fraction of sp³-hybridized carbons (Fsp3) is 0.263. The largest absolute Gasteiger partial charge is 0.350 e. The van der Waals surface area contributed by atoms with Crippen LogP contribution < -0.4 is 10.6 Å². The molecule has 2 aromatic rings. The van der Waals surface area contributed by atoms with Crippen molar-refractivity contribution in [2.45, 2.75) is 19.0 Å². The summed E-state index contributed by atoms with van der Waals surface area (Å²) in [4.78, 5) is 25.0. The molecule has 138 valence electrons. The Kier molecular flexibility index (Phi) is 8.29. The molecule has 7 heteroatoms. The van der Waals surface area contributed by atoms with Crippen LogP contribution in [0.15, 0.2) is 48.5 Å². The van der Waals surface area contributed by atoms with E-state index in [9.17, 15) is 9.59 Å². The molecular weight excluding hydrogens is 391 g/mol. The molecule has 2 rings (SSSR count). The SMILES string of the molecule is CSCCC(NC(=O)c1ccccc1Cl)C(=O)NCc1ccc(Cl)cc1. The molecule has 2 amide bonds. The number of rotatable bonds is 8. The van der Waals surface area contributed by atoms with Gasteiger partial charge in [-0.05, 0) is 48.3 Å². The van der Waals surface area contributed by atoms with E-state index in [1.54, 1.807) is 48.2 Å². The molecule has 0 bridgehead atoms. The molecule has 0 heterocycles. The van der Waals surface area contributed by atoms with Crippen LogP contribution >= 0.6 is 35.0 Å². The Bertz CT molecular complexity index is 753. The highest BCUT2D eigenvalue weighted by Crippen LogP contribution is 2.15. The van der Waals surface area contributed by atoms with E-state index < -0.39 is 6.04 Å². The zero-order valence-corrected chi connectivity index (χ0v) is 16.6. The molecule has 2 N–H and O–H groups in total. The van der Waals surface area contributed by atoms with Gasteiger partial charge >= 0.3 is 0 Å². The second-order valence-electron chi connectivity index (χ2n) is 5.63. The zero-order chi connectivity index (χ0) is 18.9. The third-order valence-corrected chi connectivity index (χ3v) is 4.96. The lowest BCUT2D eigenvalue weighted by Crippen LogP contribution is -2.47. The van der Waals surface area contributed by atoms with Crippen LogP contribution in [0.3, 0.4) is 0 Å². The van der Waals surface area contributed by atoms with Crippen LogP contribution in [0.2, 0.25) is 10.0 Å². The summed E-state index contributed by atoms with van der Waals surface area (Å²) in [5.74, 6) is 0.166. The van der Waals surface area contributed by atoms with Crippen LogP contribution in [0.4, 0.5) is 0 Å². The van der Waals surface area contributed by atoms with E-state index in [0.29, 0.717) is 28.6 Å². The van der Waals surface area contributed by atoms with Crippen molar-refractivity contribution in [2.24, 2.45) is 0 Å². The van der Waals surface area contributed by atoms with Gasteiger partial charge in [0.25, 0.3) is 5.91 Å². The molecule has 0 aromatic heterocycles. The van der Waals surface area contributed by atoms with Crippen LogP contribution in [0.1, 0.15) is 22.3 Å². The fourth-order valence-electron chi connectivity index (χ4n) is 2.30. The minimum atomic E-state index is -0.626. The van der Waals surface area contributed by atoms with E-state index >= 15 is 0 Å². The standard InChI is InChI=1S/C19H20Cl2N2O2S/c1-26-11-10-17(23-18(24)15-4-2-3-5-16(15)21)19(25)22-12-13-6-8-14(20)9-7-13/h2-9,17H,10-12H2,1H3,(H,22,25)(H,23,24). The van der Waals surface area contributed by atoms with Crippen molar-refractivity contribution in [1.29, 1.82) is 0 Å². The lowest BCUT2D eigenvalue weighted by atomic mass is 10.1. The predicted molar refractivity (Wildman–Crippen MR) is 109 cm³/mol. The number of amides is 2. The molecule has 0 saturated carbocycles. The van der Waals surface area contributed by atoms with E-state index in [1.165, 1.54) is 0 Å². The first kappa shape index (κ1) is 20.6. The monoisotopic (exact) mass is 410 g/mol. The van der Waals surface area contributed by atoms with Crippen LogP contribution in [0.25, 0.3) is 0 Å². The highest BCUT2D eigenvalue weighted by molar-refractivity contribution is 7.98. The lowest BCUT2D eigenvalue weighted by molar-refractivity contribution is -0.123. The van der Waals surface area contributed by atoms with Gasteiger partial charge < -0.3 is 10.6 Å². The average Bonchev–Trinajstić information content (AvgIpc) is 2.64. The average molecular weight is 411 g/mol. The number of carbonyl (C=O) groups is 2. The number of hydrogen-bond donors (Lipinski definition) is 2. The summed E-state index contributed by atoms with van der Waals surface area (Å²) in [7, 11) is 0. The topological polar surface area (TPSA) is 58.2 Å². The first-order valence-corrected chi connectivity index (χ1v) is 10.2. The van der Waals surface area contributed by atoms with Gasteiger partial charge in [-0.1, -0.05) is 47.5 Å². The molecule has 0 aliphatic carbocycles. The highest BCUT2D eigenvalue weighted by Gasteiger charge is 2.21. The van der Waals surface area contributed by atoms with Crippen molar-refractivity contribution in [3.8, 4) is 0 Å². The Labute approximate surface area is 167 Å². The van der Waals surface area contributed by atoms with Crippen LogP contribution in [0, 0.1) is 0 Å². The minimum absolute atomic E-state index is 0.227. The van der Waals surface area contributed by atoms with Crippen molar-refractivity contribution >= 4 is 46.8 Å². The molecule has 0 saturated heterocycles. The molecule has 1 unspecified atom stereocenters. The molecule has 2 aromatic carbocycles. The van der Waals surface area contributed by atoms with Gasteiger partial charge in [0.1, 0.15) is 6.04 Å². The second kappa shape index (κ2) is 10.5. The van der Waals surface area contributed by atoms with Crippen molar-refractivity contribution in [3.05, 3.63) is 69.7 Å². The van der Waals surface area contributed by atoms with E-state index in [1.807, 2.05) is 18.4 Å². The van der Waals surface area contributed by atoms with Crippen molar-refractivity contribution in [1.82, 2.24) is 10.6 Å².